The van der Waals surface area contributed by atoms with Crippen molar-refractivity contribution in [3.63, 3.8) is 0 Å². The maximum atomic E-state index is 15.9. The number of aromatic nitrogens is 1. The molecular formula is C29H33F4N3O3S. The second kappa shape index (κ2) is 13.2. The summed E-state index contributed by atoms with van der Waals surface area (Å²) in [7, 11) is 1.54. The van der Waals surface area contributed by atoms with E-state index in [0.29, 0.717) is 77.3 Å². The van der Waals surface area contributed by atoms with Gasteiger partial charge in [0.15, 0.2) is 17.5 Å². The van der Waals surface area contributed by atoms with Gasteiger partial charge in [-0.2, -0.15) is 0 Å². The lowest BCUT2D eigenvalue weighted by atomic mass is 9.71. The van der Waals surface area contributed by atoms with Crippen LogP contribution in [-0.4, -0.2) is 53.5 Å². The van der Waals surface area contributed by atoms with Crippen LogP contribution in [0.2, 0.25) is 0 Å². The van der Waals surface area contributed by atoms with E-state index in [2.05, 4.69) is 9.88 Å². The highest BCUT2D eigenvalue weighted by atomic mass is 32.2. The molecule has 0 spiro atoms. The maximum absolute atomic E-state index is 15.9. The average molecular weight is 580 g/mol. The first kappa shape index (κ1) is 30.1. The number of alkyl halides is 1. The van der Waals surface area contributed by atoms with Crippen LogP contribution in [-0.2, 0) is 11.3 Å². The van der Waals surface area contributed by atoms with Crippen molar-refractivity contribution in [2.45, 2.75) is 49.7 Å². The molecule has 1 aliphatic heterocycles. The fourth-order valence-corrected chi connectivity index (χ4v) is 6.42. The molecule has 0 aliphatic carbocycles. The normalized spacial score (nSPS) is 16.2. The Morgan fingerprint density at radius 1 is 1.20 bits per heavy atom. The van der Waals surface area contributed by atoms with Crippen LogP contribution in [0.25, 0.3) is 10.9 Å². The van der Waals surface area contributed by atoms with E-state index in [-0.39, 0.29) is 19.4 Å². The molecule has 216 valence electrons. The number of hydrogen-bond acceptors (Lipinski definition) is 6. The smallest absolute Gasteiger partial charge is 0.303 e. The van der Waals surface area contributed by atoms with Crippen molar-refractivity contribution in [1.29, 1.82) is 0 Å². The number of ether oxygens (including phenoxy) is 1. The highest BCUT2D eigenvalue weighted by Crippen LogP contribution is 2.43. The predicted molar refractivity (Wildman–Crippen MR) is 147 cm³/mol. The number of aliphatic carboxylic acids is 1. The summed E-state index contributed by atoms with van der Waals surface area (Å²) in [5.74, 6) is -3.73. The van der Waals surface area contributed by atoms with Crippen LogP contribution in [0.4, 0.5) is 17.6 Å². The van der Waals surface area contributed by atoms with E-state index in [1.165, 1.54) is 18.9 Å². The largest absolute Gasteiger partial charge is 0.497 e. The fraction of sp³-hybridized carbons (Fsp3) is 0.448. The van der Waals surface area contributed by atoms with Gasteiger partial charge < -0.3 is 20.5 Å². The van der Waals surface area contributed by atoms with Crippen LogP contribution in [0.5, 0.6) is 5.75 Å². The molecule has 1 aliphatic rings. The number of pyridine rings is 1. The number of likely N-dealkylation sites (tertiary alicyclic amines) is 1. The van der Waals surface area contributed by atoms with Gasteiger partial charge in [-0.1, -0.05) is 0 Å². The Morgan fingerprint density at radius 3 is 2.52 bits per heavy atom. The molecule has 2 aromatic carbocycles. The Labute approximate surface area is 234 Å². The molecular weight excluding hydrogens is 546 g/mol. The van der Waals surface area contributed by atoms with Crippen LogP contribution in [0, 0.1) is 22.9 Å². The molecule has 0 bridgehead atoms. The molecule has 1 fully saturated rings. The zero-order chi connectivity index (χ0) is 28.9. The number of carboxylic acid groups (broad SMARTS) is 1. The minimum absolute atomic E-state index is 0.0505. The number of fused-ring (bicyclic) bond motifs is 1. The number of carboxylic acids is 1. The summed E-state index contributed by atoms with van der Waals surface area (Å²) in [5, 5.41) is 10.3. The summed E-state index contributed by atoms with van der Waals surface area (Å²) in [5.41, 5.74) is 7.08. The Morgan fingerprint density at radius 2 is 1.90 bits per heavy atom. The maximum Gasteiger partial charge on any atom is 0.303 e. The topological polar surface area (TPSA) is 88.7 Å². The number of rotatable bonds is 12. The van der Waals surface area contributed by atoms with Crippen molar-refractivity contribution < 1.29 is 32.2 Å². The van der Waals surface area contributed by atoms with Crippen LogP contribution < -0.4 is 10.5 Å². The second-order valence-electron chi connectivity index (χ2n) is 10.3. The third kappa shape index (κ3) is 7.05. The third-order valence-corrected chi connectivity index (χ3v) is 8.69. The SMILES string of the molecule is COc1ccc2ncc(CN)c([C@@H](F)CCC3(CC(=O)O)CCN(CCSc4cc(F)c(F)c(F)c4)CC3)c2c1. The van der Waals surface area contributed by atoms with Crippen molar-refractivity contribution in [3.8, 4) is 5.75 Å². The zero-order valence-electron chi connectivity index (χ0n) is 22.3. The molecule has 0 radical (unpaired) electrons. The first-order valence-corrected chi connectivity index (χ1v) is 14.1. The van der Waals surface area contributed by atoms with E-state index in [4.69, 9.17) is 10.5 Å². The molecule has 1 atom stereocenters. The van der Waals surface area contributed by atoms with Gasteiger partial charge in [0.2, 0.25) is 0 Å². The Kier molecular flexibility index (Phi) is 9.91. The molecule has 0 amide bonds. The van der Waals surface area contributed by atoms with Crippen molar-refractivity contribution in [2.75, 3.05) is 32.5 Å². The number of thioether (sulfide) groups is 1. The van der Waals surface area contributed by atoms with Gasteiger partial charge in [0, 0.05) is 40.9 Å². The summed E-state index contributed by atoms with van der Waals surface area (Å²) in [6.45, 7) is 1.99. The number of benzene rings is 2. The Balaban J connectivity index is 1.40. The van der Waals surface area contributed by atoms with Crippen molar-refractivity contribution in [1.82, 2.24) is 9.88 Å². The van der Waals surface area contributed by atoms with Crippen LogP contribution in [0.3, 0.4) is 0 Å². The lowest BCUT2D eigenvalue weighted by Crippen LogP contribution is -2.42. The number of nitrogens with two attached hydrogens (primary N) is 1. The summed E-state index contributed by atoms with van der Waals surface area (Å²) >= 11 is 1.22. The monoisotopic (exact) mass is 579 g/mol. The third-order valence-electron chi connectivity index (χ3n) is 7.74. The number of carbonyl (C=O) groups is 1. The van der Waals surface area contributed by atoms with Crippen LogP contribution >= 0.6 is 11.8 Å². The first-order chi connectivity index (χ1) is 19.1. The van der Waals surface area contributed by atoms with E-state index in [0.717, 1.165) is 12.1 Å². The number of piperidine rings is 1. The minimum atomic E-state index is -1.48. The second-order valence-corrected chi connectivity index (χ2v) is 11.4. The van der Waals surface area contributed by atoms with Gasteiger partial charge >= 0.3 is 5.97 Å². The van der Waals surface area contributed by atoms with E-state index < -0.39 is 35.0 Å². The summed E-state index contributed by atoms with van der Waals surface area (Å²) in [6, 6.07) is 7.24. The fourth-order valence-electron chi connectivity index (χ4n) is 5.47. The lowest BCUT2D eigenvalue weighted by molar-refractivity contribution is -0.141. The zero-order valence-corrected chi connectivity index (χ0v) is 23.1. The summed E-state index contributed by atoms with van der Waals surface area (Å²) in [6.07, 6.45) is 1.91. The van der Waals surface area contributed by atoms with E-state index in [1.807, 2.05) is 0 Å². The standard InChI is InChI=1S/C29H33F4N3O3S/c1-39-19-2-3-25-21(12-19)27(18(16-34)17-35-25)22(30)4-5-29(15-26(37)38)6-8-36(9-7-29)10-11-40-20-13-23(31)28(33)24(32)14-20/h2-3,12-14,17,22H,4-11,15-16,34H2,1H3,(H,37,38)/t22-/m0/s1. The van der Waals surface area contributed by atoms with Gasteiger partial charge in [-0.15, -0.1) is 11.8 Å². The minimum Gasteiger partial charge on any atom is -0.497 e. The lowest BCUT2D eigenvalue weighted by Gasteiger charge is -2.41. The number of methoxy groups -OCH3 is 1. The van der Waals surface area contributed by atoms with Gasteiger partial charge in [-0.3, -0.25) is 9.78 Å². The van der Waals surface area contributed by atoms with E-state index >= 15 is 4.39 Å². The van der Waals surface area contributed by atoms with Crippen molar-refractivity contribution in [2.24, 2.45) is 11.1 Å². The highest BCUT2D eigenvalue weighted by molar-refractivity contribution is 7.99. The van der Waals surface area contributed by atoms with Crippen molar-refractivity contribution in [3.05, 3.63) is 65.1 Å². The van der Waals surface area contributed by atoms with E-state index in [9.17, 15) is 23.1 Å². The molecule has 4 rings (SSSR count). The Bertz CT molecular complexity index is 1320. The van der Waals surface area contributed by atoms with Gasteiger partial charge in [0.25, 0.3) is 0 Å². The molecule has 0 saturated carbocycles. The molecule has 2 heterocycles. The number of hydrogen-bond donors (Lipinski definition) is 2. The predicted octanol–water partition coefficient (Wildman–Crippen LogP) is 6.26. The van der Waals surface area contributed by atoms with Gasteiger partial charge in [0.05, 0.1) is 19.0 Å². The van der Waals surface area contributed by atoms with Crippen LogP contribution in [0.1, 0.15) is 49.4 Å². The number of halogens is 4. The molecule has 3 N–H and O–H groups in total. The molecule has 11 heteroatoms. The molecule has 1 saturated heterocycles. The van der Waals surface area contributed by atoms with E-state index in [1.54, 1.807) is 24.4 Å². The average Bonchev–Trinajstić information content (AvgIpc) is 2.94. The molecule has 0 unspecified atom stereocenters. The molecule has 40 heavy (non-hydrogen) atoms. The van der Waals surface area contributed by atoms with Crippen molar-refractivity contribution >= 4 is 28.6 Å². The first-order valence-electron chi connectivity index (χ1n) is 13.2. The van der Waals surface area contributed by atoms with Gasteiger partial charge in [0.1, 0.15) is 11.9 Å². The molecule has 3 aromatic rings. The van der Waals surface area contributed by atoms with Gasteiger partial charge in [-0.05, 0) is 80.1 Å². The number of nitrogens with zero attached hydrogens (tertiary/aromatic N) is 2. The summed E-state index contributed by atoms with van der Waals surface area (Å²) in [4.78, 5) is 18.6. The summed E-state index contributed by atoms with van der Waals surface area (Å²) < 4.78 is 61.4. The quantitative estimate of drug-likeness (QED) is 0.149. The Hall–Kier alpha value is -2.89. The molecule has 6 nitrogen and oxygen atoms in total. The van der Waals surface area contributed by atoms with Gasteiger partial charge in [-0.25, -0.2) is 17.6 Å². The molecule has 1 aromatic heterocycles. The van der Waals surface area contributed by atoms with Crippen LogP contribution in [0.15, 0.2) is 41.4 Å². The highest BCUT2D eigenvalue weighted by Gasteiger charge is 2.37.